The third kappa shape index (κ3) is 8.88. The van der Waals surface area contributed by atoms with Crippen LogP contribution in [0.4, 0.5) is 0 Å². The zero-order valence-corrected chi connectivity index (χ0v) is 28.5. The predicted molar refractivity (Wildman–Crippen MR) is 189 cm³/mol. The van der Waals surface area contributed by atoms with Crippen molar-refractivity contribution in [2.45, 2.75) is 38.7 Å². The van der Waals surface area contributed by atoms with Gasteiger partial charge in [-0.05, 0) is 47.5 Å². The fraction of sp³-hybridized carbons (Fsp3) is 0.324. The summed E-state index contributed by atoms with van der Waals surface area (Å²) in [6.45, 7) is 5.58. The number of fused-ring (bicyclic) bond motifs is 1. The Morgan fingerprint density at radius 3 is 2.33 bits per heavy atom. The number of aliphatic hydroxyl groups is 1. The maximum atomic E-state index is 12.5. The number of morpholine rings is 1. The molecule has 1 atom stereocenters. The van der Waals surface area contributed by atoms with Crippen LogP contribution >= 0.6 is 23.2 Å². The quantitative estimate of drug-likeness (QED) is 0.180. The second-order valence-electron chi connectivity index (χ2n) is 12.2. The van der Waals surface area contributed by atoms with Gasteiger partial charge in [0.2, 0.25) is 0 Å². The largest absolute Gasteiger partial charge is 0.390 e. The monoisotopic (exact) mass is 700 g/mol. The molecule has 0 spiro atoms. The lowest BCUT2D eigenvalue weighted by Gasteiger charge is -2.29. The molecule has 2 amide bonds. The highest BCUT2D eigenvalue weighted by molar-refractivity contribution is 6.34. The molecule has 6 rings (SSSR count). The van der Waals surface area contributed by atoms with Crippen molar-refractivity contribution in [2.24, 2.45) is 5.73 Å². The summed E-state index contributed by atoms with van der Waals surface area (Å²) in [7, 11) is 0. The number of rotatable bonds is 9. The van der Waals surface area contributed by atoms with Crippen LogP contribution in [-0.4, -0.2) is 82.0 Å². The van der Waals surface area contributed by atoms with Gasteiger partial charge in [-0.25, -0.2) is 0 Å². The highest BCUT2D eigenvalue weighted by Gasteiger charge is 2.31. The van der Waals surface area contributed by atoms with Crippen LogP contribution in [0.25, 0.3) is 11.3 Å². The molecule has 4 N–H and O–H groups in total. The number of hydrogen-bond donors (Lipinski definition) is 3. The third-order valence-corrected chi connectivity index (χ3v) is 9.28. The molecular weight excluding hydrogens is 663 g/mol. The molecule has 3 aromatic carbocycles. The number of halogens is 2. The molecule has 0 bridgehead atoms. The van der Waals surface area contributed by atoms with E-state index >= 15 is 0 Å². The minimum Gasteiger partial charge on any atom is -0.390 e. The number of β-amino-alcohol motifs (C(OH)–C–C–N with tert-alkyl or cyclic N) is 1. The summed E-state index contributed by atoms with van der Waals surface area (Å²) in [5.41, 5.74) is 12.2. The number of nitrogens with two attached hydrogens (primary N) is 1. The maximum Gasteiger partial charge on any atom is 0.311 e. The molecule has 49 heavy (non-hydrogen) atoms. The Kier molecular flexibility index (Phi) is 11.3. The van der Waals surface area contributed by atoms with Gasteiger partial charge in [0, 0.05) is 78.7 Å². The number of primary amides is 1. The summed E-state index contributed by atoms with van der Waals surface area (Å²) < 4.78 is 7.26. The Labute approximate surface area is 295 Å². The number of ether oxygens (including phenoxy) is 1. The van der Waals surface area contributed by atoms with Crippen molar-refractivity contribution in [3.63, 3.8) is 0 Å². The van der Waals surface area contributed by atoms with E-state index in [1.807, 2.05) is 65.3 Å². The molecule has 1 aromatic heterocycles. The summed E-state index contributed by atoms with van der Waals surface area (Å²) >= 11 is 12.6. The molecule has 1 saturated heterocycles. The molecule has 0 radical (unpaired) electrons. The second-order valence-corrected chi connectivity index (χ2v) is 13.1. The molecule has 2 aliphatic heterocycles. The van der Waals surface area contributed by atoms with Crippen molar-refractivity contribution in [1.29, 1.82) is 0 Å². The number of benzene rings is 3. The van der Waals surface area contributed by atoms with Gasteiger partial charge in [0.25, 0.3) is 0 Å². The Balaban J connectivity index is 1.20. The lowest BCUT2D eigenvalue weighted by atomic mass is 9.99. The third-order valence-electron chi connectivity index (χ3n) is 8.70. The van der Waals surface area contributed by atoms with E-state index in [4.69, 9.17) is 38.8 Å². The molecule has 254 valence electrons. The van der Waals surface area contributed by atoms with Gasteiger partial charge >= 0.3 is 11.8 Å². The number of carbonyl (C=O) groups excluding carboxylic acids is 2. The van der Waals surface area contributed by atoms with E-state index < -0.39 is 17.9 Å². The van der Waals surface area contributed by atoms with Gasteiger partial charge < -0.3 is 25.8 Å². The number of carbonyl (C=O) groups is 2. The average Bonchev–Trinajstić information content (AvgIpc) is 3.46. The minimum absolute atomic E-state index is 0.177. The Morgan fingerprint density at radius 2 is 1.63 bits per heavy atom. The van der Waals surface area contributed by atoms with Crippen LogP contribution in [0.5, 0.6) is 0 Å². The summed E-state index contributed by atoms with van der Waals surface area (Å²) in [6.07, 6.45) is -0.184. The van der Waals surface area contributed by atoms with E-state index in [1.165, 1.54) is 4.90 Å². The molecule has 12 heteroatoms. The van der Waals surface area contributed by atoms with Crippen LogP contribution in [0.2, 0.25) is 10.0 Å². The van der Waals surface area contributed by atoms with Crippen LogP contribution in [0.15, 0.2) is 66.7 Å². The van der Waals surface area contributed by atoms with Crippen molar-refractivity contribution < 1.29 is 19.4 Å². The summed E-state index contributed by atoms with van der Waals surface area (Å²) in [5, 5.41) is 20.6. The van der Waals surface area contributed by atoms with Crippen LogP contribution in [-0.2, 0) is 46.9 Å². The Morgan fingerprint density at radius 1 is 0.939 bits per heavy atom. The van der Waals surface area contributed by atoms with Crippen molar-refractivity contribution in [2.75, 3.05) is 39.4 Å². The predicted octanol–water partition coefficient (Wildman–Crippen LogP) is 3.61. The Hall–Kier alpha value is -4.21. The van der Waals surface area contributed by atoms with Gasteiger partial charge in [0.15, 0.2) is 0 Å². The lowest BCUT2D eigenvalue weighted by Crippen LogP contribution is -2.43. The van der Waals surface area contributed by atoms with Crippen LogP contribution < -0.4 is 11.1 Å². The van der Waals surface area contributed by atoms with Gasteiger partial charge in [-0.15, -0.1) is 0 Å². The molecule has 4 aromatic rings. The van der Waals surface area contributed by atoms with Crippen LogP contribution in [0.1, 0.15) is 33.5 Å². The van der Waals surface area contributed by atoms with E-state index in [1.54, 1.807) is 6.07 Å². The van der Waals surface area contributed by atoms with Gasteiger partial charge in [0.05, 0.1) is 43.1 Å². The number of amides is 2. The van der Waals surface area contributed by atoms with Crippen molar-refractivity contribution in [3.8, 4) is 23.1 Å². The first-order chi connectivity index (χ1) is 23.7. The normalized spacial score (nSPS) is 15.3. The van der Waals surface area contributed by atoms with Gasteiger partial charge in [-0.2, -0.15) is 5.10 Å². The van der Waals surface area contributed by atoms with Crippen molar-refractivity contribution in [1.82, 2.24) is 24.9 Å². The minimum atomic E-state index is -0.996. The van der Waals surface area contributed by atoms with E-state index in [2.05, 4.69) is 22.1 Å². The van der Waals surface area contributed by atoms with Crippen LogP contribution in [0, 0.1) is 11.8 Å². The zero-order valence-electron chi connectivity index (χ0n) is 27.0. The number of nitrogens with zero attached hydrogens (tertiary/aromatic N) is 4. The molecular formula is C37H38Cl2N6O4. The van der Waals surface area contributed by atoms with Gasteiger partial charge in [-0.3, -0.25) is 19.2 Å². The van der Waals surface area contributed by atoms with E-state index in [9.17, 15) is 14.7 Å². The standard InChI is InChI=1S/C37H38Cl2N6O4/c38-30-10-6-27(7-11-30)21-41-20-26-3-1-25(2-4-26)5-8-28-19-29(9-12-33(28)39)35-32-24-44(37(48)36(40)47)14-13-34(32)45(42-35)23-31(46)22-43-15-17-49-18-16-43/h1-4,6-7,9-12,19,31,41,46H,13-18,20-24H2,(H2,40,47)/t31-/m1/s1. The molecule has 1 fully saturated rings. The smallest absolute Gasteiger partial charge is 0.311 e. The van der Waals surface area contributed by atoms with Crippen LogP contribution in [0.3, 0.4) is 0 Å². The van der Waals surface area contributed by atoms with E-state index in [-0.39, 0.29) is 13.1 Å². The first-order valence-electron chi connectivity index (χ1n) is 16.2. The van der Waals surface area contributed by atoms with E-state index in [0.29, 0.717) is 55.5 Å². The highest BCUT2D eigenvalue weighted by Crippen LogP contribution is 2.32. The van der Waals surface area contributed by atoms with Crippen molar-refractivity contribution >= 4 is 35.0 Å². The fourth-order valence-electron chi connectivity index (χ4n) is 6.11. The SMILES string of the molecule is NC(=O)C(=O)N1CCc2c(c(-c3ccc(Cl)c(C#Cc4ccc(CNCc5ccc(Cl)cc5)cc4)c3)nn2C[C@H](O)CN2CCOCC2)C1. The molecule has 3 heterocycles. The number of aliphatic hydroxyl groups excluding tert-OH is 1. The average molecular weight is 702 g/mol. The Bertz CT molecular complexity index is 1860. The molecule has 10 nitrogen and oxygen atoms in total. The molecule has 2 aliphatic rings. The summed E-state index contributed by atoms with van der Waals surface area (Å²) in [4.78, 5) is 27.9. The topological polar surface area (TPSA) is 126 Å². The number of nitrogens with one attached hydrogen (secondary N) is 1. The molecule has 0 saturated carbocycles. The highest BCUT2D eigenvalue weighted by atomic mass is 35.5. The lowest BCUT2D eigenvalue weighted by molar-refractivity contribution is -0.144. The number of aromatic nitrogens is 2. The summed E-state index contributed by atoms with van der Waals surface area (Å²) in [6, 6.07) is 21.4. The van der Waals surface area contributed by atoms with E-state index in [0.717, 1.165) is 58.2 Å². The summed E-state index contributed by atoms with van der Waals surface area (Å²) in [5.74, 6) is 4.70. The maximum absolute atomic E-state index is 12.5. The zero-order chi connectivity index (χ0) is 34.3. The first kappa shape index (κ1) is 34.6. The fourth-order valence-corrected chi connectivity index (χ4v) is 6.40. The molecule has 0 aliphatic carbocycles. The van der Waals surface area contributed by atoms with Gasteiger partial charge in [-0.1, -0.05) is 65.4 Å². The van der Waals surface area contributed by atoms with Crippen molar-refractivity contribution in [3.05, 3.63) is 110 Å². The second kappa shape index (κ2) is 16.0. The molecule has 0 unspecified atom stereocenters. The van der Waals surface area contributed by atoms with Gasteiger partial charge in [0.1, 0.15) is 0 Å². The first-order valence-corrected chi connectivity index (χ1v) is 17.0. The number of hydrogen-bond acceptors (Lipinski definition) is 7.